The zero-order chi connectivity index (χ0) is 10.7. The first-order chi connectivity index (χ1) is 6.57. The van der Waals surface area contributed by atoms with Gasteiger partial charge in [-0.25, -0.2) is 8.78 Å². The van der Waals surface area contributed by atoms with Gasteiger partial charge in [0.15, 0.2) is 0 Å². The fourth-order valence-corrected chi connectivity index (χ4v) is 1.63. The number of rotatable bonds is 3. The molecule has 0 aliphatic heterocycles. The van der Waals surface area contributed by atoms with Crippen LogP contribution in [0.15, 0.2) is 12.1 Å². The molecule has 0 heterocycles. The molecule has 2 N–H and O–H groups in total. The lowest BCUT2D eigenvalue weighted by Crippen LogP contribution is -2.13. The summed E-state index contributed by atoms with van der Waals surface area (Å²) in [6, 6.07) is 1.51. The van der Waals surface area contributed by atoms with Gasteiger partial charge in [0, 0.05) is 11.6 Å². The highest BCUT2D eigenvalue weighted by molar-refractivity contribution is 6.31. The average molecular weight is 256 g/mol. The Bertz CT molecular complexity index is 331. The minimum atomic E-state index is -0.630. The Morgan fingerprint density at radius 1 is 1.33 bits per heavy atom. The standard InChI is InChI=1S/C10H12ClF2N.ClH/c1-2-3-8(14)9-6(12)4-5-7(13)10(9)11;/h4-5,8H,2-3,14H2,1H3;1H/t8-;/m0./s1. The zero-order valence-corrected chi connectivity index (χ0v) is 9.84. The lowest BCUT2D eigenvalue weighted by molar-refractivity contribution is 0.545. The van der Waals surface area contributed by atoms with Crippen molar-refractivity contribution in [3.8, 4) is 0 Å². The van der Waals surface area contributed by atoms with Gasteiger partial charge in [-0.05, 0) is 18.6 Å². The molecule has 0 aromatic heterocycles. The lowest BCUT2D eigenvalue weighted by Gasteiger charge is -2.13. The van der Waals surface area contributed by atoms with E-state index < -0.39 is 17.7 Å². The molecule has 0 aliphatic rings. The van der Waals surface area contributed by atoms with Gasteiger partial charge in [-0.2, -0.15) is 0 Å². The van der Waals surface area contributed by atoms with Crippen molar-refractivity contribution in [1.82, 2.24) is 0 Å². The van der Waals surface area contributed by atoms with E-state index in [-0.39, 0.29) is 23.0 Å². The predicted octanol–water partition coefficient (Wildman–Crippen LogP) is 3.84. The molecule has 0 unspecified atom stereocenters. The van der Waals surface area contributed by atoms with Crippen molar-refractivity contribution in [3.05, 3.63) is 34.4 Å². The SMILES string of the molecule is CCC[C@H](N)c1c(F)ccc(F)c1Cl.Cl. The Labute approximate surface area is 99.0 Å². The predicted molar refractivity (Wildman–Crippen MR) is 60.5 cm³/mol. The molecule has 0 saturated carbocycles. The van der Waals surface area contributed by atoms with Crippen LogP contribution in [0.1, 0.15) is 31.4 Å². The number of hydrogen-bond acceptors (Lipinski definition) is 1. The van der Waals surface area contributed by atoms with Gasteiger partial charge in [-0.15, -0.1) is 12.4 Å². The van der Waals surface area contributed by atoms with Crippen molar-refractivity contribution in [3.63, 3.8) is 0 Å². The molecule has 0 bridgehead atoms. The maximum atomic E-state index is 13.3. The quantitative estimate of drug-likeness (QED) is 0.817. The third kappa shape index (κ3) is 3.30. The molecule has 0 radical (unpaired) electrons. The van der Waals surface area contributed by atoms with Crippen molar-refractivity contribution in [1.29, 1.82) is 0 Å². The lowest BCUT2D eigenvalue weighted by atomic mass is 10.0. The molecule has 0 amide bonds. The fraction of sp³-hybridized carbons (Fsp3) is 0.400. The molecular weight excluding hydrogens is 243 g/mol. The van der Waals surface area contributed by atoms with Crippen LogP contribution < -0.4 is 5.73 Å². The van der Waals surface area contributed by atoms with E-state index in [0.29, 0.717) is 6.42 Å². The topological polar surface area (TPSA) is 26.0 Å². The molecule has 0 fully saturated rings. The maximum Gasteiger partial charge on any atom is 0.142 e. The normalized spacial score (nSPS) is 12.1. The van der Waals surface area contributed by atoms with E-state index in [0.717, 1.165) is 18.6 Å². The molecule has 1 nitrogen and oxygen atoms in total. The molecule has 1 aromatic carbocycles. The van der Waals surface area contributed by atoms with E-state index in [1.807, 2.05) is 6.92 Å². The van der Waals surface area contributed by atoms with Crippen LogP contribution in [-0.2, 0) is 0 Å². The summed E-state index contributed by atoms with van der Waals surface area (Å²) in [5.74, 6) is -1.17. The summed E-state index contributed by atoms with van der Waals surface area (Å²) in [5.41, 5.74) is 5.76. The van der Waals surface area contributed by atoms with E-state index in [2.05, 4.69) is 0 Å². The second-order valence-corrected chi connectivity index (χ2v) is 3.53. The molecular formula is C10H13Cl2F2N. The highest BCUT2D eigenvalue weighted by Gasteiger charge is 2.17. The van der Waals surface area contributed by atoms with Crippen LogP contribution in [0.4, 0.5) is 8.78 Å². The highest BCUT2D eigenvalue weighted by Crippen LogP contribution is 2.29. The molecule has 1 aromatic rings. The fourth-order valence-electron chi connectivity index (χ4n) is 1.34. The average Bonchev–Trinajstić information content (AvgIpc) is 2.13. The summed E-state index contributed by atoms with van der Waals surface area (Å²) in [6.07, 6.45) is 1.38. The van der Waals surface area contributed by atoms with Gasteiger partial charge >= 0.3 is 0 Å². The van der Waals surface area contributed by atoms with Crippen LogP contribution in [0.5, 0.6) is 0 Å². The largest absolute Gasteiger partial charge is 0.324 e. The Hall–Kier alpha value is -0.380. The van der Waals surface area contributed by atoms with Crippen LogP contribution in [0.25, 0.3) is 0 Å². The zero-order valence-electron chi connectivity index (χ0n) is 8.27. The molecule has 0 aliphatic carbocycles. The third-order valence-electron chi connectivity index (χ3n) is 2.05. The Morgan fingerprint density at radius 3 is 2.40 bits per heavy atom. The van der Waals surface area contributed by atoms with Crippen molar-refractivity contribution >= 4 is 24.0 Å². The van der Waals surface area contributed by atoms with Gasteiger partial charge in [0.25, 0.3) is 0 Å². The van der Waals surface area contributed by atoms with E-state index in [1.165, 1.54) is 0 Å². The second kappa shape index (κ2) is 6.26. The van der Waals surface area contributed by atoms with Gasteiger partial charge in [-0.1, -0.05) is 24.9 Å². The molecule has 1 rings (SSSR count). The van der Waals surface area contributed by atoms with Crippen molar-refractivity contribution in [2.75, 3.05) is 0 Å². The van der Waals surface area contributed by atoms with Gasteiger partial charge in [0.2, 0.25) is 0 Å². The summed E-state index contributed by atoms with van der Waals surface area (Å²) < 4.78 is 26.3. The van der Waals surface area contributed by atoms with Gasteiger partial charge in [0.05, 0.1) is 5.02 Å². The molecule has 0 spiro atoms. The first kappa shape index (κ1) is 14.6. The number of nitrogens with two attached hydrogens (primary N) is 1. The van der Waals surface area contributed by atoms with Crippen molar-refractivity contribution in [2.24, 2.45) is 5.73 Å². The van der Waals surface area contributed by atoms with Crippen molar-refractivity contribution < 1.29 is 8.78 Å². The summed E-state index contributed by atoms with van der Waals surface area (Å²) in [5, 5.41) is -0.203. The maximum absolute atomic E-state index is 13.3. The van der Waals surface area contributed by atoms with Crippen LogP contribution in [0.3, 0.4) is 0 Å². The van der Waals surface area contributed by atoms with Crippen LogP contribution in [-0.4, -0.2) is 0 Å². The monoisotopic (exact) mass is 255 g/mol. The van der Waals surface area contributed by atoms with Crippen molar-refractivity contribution in [2.45, 2.75) is 25.8 Å². The summed E-state index contributed by atoms with van der Waals surface area (Å²) >= 11 is 5.63. The smallest absolute Gasteiger partial charge is 0.142 e. The van der Waals surface area contributed by atoms with Gasteiger partial charge in [0.1, 0.15) is 11.6 Å². The minimum absolute atomic E-state index is 0. The molecule has 5 heteroatoms. The molecule has 86 valence electrons. The summed E-state index contributed by atoms with van der Waals surface area (Å²) in [6.45, 7) is 1.92. The Balaban J connectivity index is 0.00000196. The molecule has 15 heavy (non-hydrogen) atoms. The first-order valence-corrected chi connectivity index (χ1v) is 4.84. The van der Waals surface area contributed by atoms with Gasteiger partial charge in [-0.3, -0.25) is 0 Å². The van der Waals surface area contributed by atoms with E-state index in [4.69, 9.17) is 17.3 Å². The van der Waals surface area contributed by atoms with Crippen LogP contribution >= 0.6 is 24.0 Å². The highest BCUT2D eigenvalue weighted by atomic mass is 35.5. The molecule has 0 saturated heterocycles. The second-order valence-electron chi connectivity index (χ2n) is 3.15. The number of hydrogen-bond donors (Lipinski definition) is 1. The number of halogens is 4. The Morgan fingerprint density at radius 2 is 1.87 bits per heavy atom. The van der Waals surface area contributed by atoms with E-state index in [1.54, 1.807) is 0 Å². The van der Waals surface area contributed by atoms with E-state index >= 15 is 0 Å². The van der Waals surface area contributed by atoms with Crippen LogP contribution in [0.2, 0.25) is 5.02 Å². The van der Waals surface area contributed by atoms with Crippen LogP contribution in [0, 0.1) is 11.6 Å². The van der Waals surface area contributed by atoms with E-state index in [9.17, 15) is 8.78 Å². The van der Waals surface area contributed by atoms with Gasteiger partial charge < -0.3 is 5.73 Å². The third-order valence-corrected chi connectivity index (χ3v) is 2.43. The summed E-state index contributed by atoms with van der Waals surface area (Å²) in [4.78, 5) is 0. The Kier molecular flexibility index (Phi) is 6.10. The number of benzene rings is 1. The minimum Gasteiger partial charge on any atom is -0.324 e. The first-order valence-electron chi connectivity index (χ1n) is 4.46. The summed E-state index contributed by atoms with van der Waals surface area (Å²) in [7, 11) is 0. The molecule has 1 atom stereocenters.